The van der Waals surface area contributed by atoms with Crippen molar-refractivity contribution < 1.29 is 10.0 Å². The van der Waals surface area contributed by atoms with Crippen LogP contribution in [0.4, 0.5) is 17.5 Å². The van der Waals surface area contributed by atoms with Gasteiger partial charge < -0.3 is 16.2 Å². The van der Waals surface area contributed by atoms with Gasteiger partial charge in [-0.3, -0.25) is 10.1 Å². The number of rotatable bonds is 5. The molecule has 0 aliphatic heterocycles. The standard InChI is InChI=1S/C11H19N5O3/c1-11(2,3)4-7(17)5-13-9-8(16(18)19)6-14-10(12)15-9/h6-7,17H,4-5H2,1-3H3,(H3,12,13,14,15). The third-order valence-corrected chi connectivity index (χ3v) is 2.34. The molecule has 0 fully saturated rings. The highest BCUT2D eigenvalue weighted by Crippen LogP contribution is 2.23. The second-order valence-corrected chi connectivity index (χ2v) is 5.52. The Morgan fingerprint density at radius 1 is 1.58 bits per heavy atom. The Hall–Kier alpha value is -1.96. The Balaban J connectivity index is 2.72. The smallest absolute Gasteiger partial charge is 0.329 e. The lowest BCUT2D eigenvalue weighted by Crippen LogP contribution is -2.25. The van der Waals surface area contributed by atoms with Gasteiger partial charge in [-0.2, -0.15) is 4.98 Å². The number of nitrogens with two attached hydrogens (primary N) is 1. The molecule has 1 aromatic rings. The lowest BCUT2D eigenvalue weighted by molar-refractivity contribution is -0.384. The molecule has 1 atom stereocenters. The summed E-state index contributed by atoms with van der Waals surface area (Å²) in [5.74, 6) is -0.0381. The highest BCUT2D eigenvalue weighted by atomic mass is 16.6. The van der Waals surface area contributed by atoms with Crippen molar-refractivity contribution in [3.05, 3.63) is 16.3 Å². The Kier molecular flexibility index (Phi) is 4.60. The third kappa shape index (κ3) is 5.04. The molecule has 0 spiro atoms. The molecule has 8 heteroatoms. The fourth-order valence-corrected chi connectivity index (χ4v) is 1.65. The Bertz CT molecular complexity index is 458. The monoisotopic (exact) mass is 269 g/mol. The van der Waals surface area contributed by atoms with E-state index in [2.05, 4.69) is 15.3 Å². The topological polar surface area (TPSA) is 127 Å². The average molecular weight is 269 g/mol. The van der Waals surface area contributed by atoms with E-state index in [1.165, 1.54) is 0 Å². The van der Waals surface area contributed by atoms with Crippen LogP contribution in [0.1, 0.15) is 27.2 Å². The van der Waals surface area contributed by atoms with Crippen molar-refractivity contribution in [1.82, 2.24) is 9.97 Å². The van der Waals surface area contributed by atoms with Crippen LogP contribution in [0.25, 0.3) is 0 Å². The molecule has 0 amide bonds. The van der Waals surface area contributed by atoms with Crippen molar-refractivity contribution in [2.24, 2.45) is 5.41 Å². The maximum atomic E-state index is 10.8. The van der Waals surface area contributed by atoms with Gasteiger partial charge in [0.05, 0.1) is 11.0 Å². The number of hydrogen-bond donors (Lipinski definition) is 3. The molecule has 1 heterocycles. The number of aromatic nitrogens is 2. The number of nitro groups is 1. The molecule has 1 aromatic heterocycles. The minimum absolute atomic E-state index is 0.0189. The van der Waals surface area contributed by atoms with Crippen LogP contribution in [0.3, 0.4) is 0 Å². The van der Waals surface area contributed by atoms with Gasteiger partial charge in [0.1, 0.15) is 6.20 Å². The van der Waals surface area contributed by atoms with Gasteiger partial charge in [-0.25, -0.2) is 4.98 Å². The summed E-state index contributed by atoms with van der Waals surface area (Å²) in [6, 6.07) is 0. The molecular weight excluding hydrogens is 250 g/mol. The number of nitrogen functional groups attached to an aromatic ring is 1. The quantitative estimate of drug-likeness (QED) is 0.540. The van der Waals surface area contributed by atoms with Crippen molar-refractivity contribution in [2.45, 2.75) is 33.3 Å². The summed E-state index contributed by atoms with van der Waals surface area (Å²) in [7, 11) is 0. The highest BCUT2D eigenvalue weighted by molar-refractivity contribution is 5.56. The molecule has 4 N–H and O–H groups in total. The Labute approximate surface area is 111 Å². The zero-order valence-corrected chi connectivity index (χ0v) is 11.3. The van der Waals surface area contributed by atoms with Crippen LogP contribution >= 0.6 is 0 Å². The first-order chi connectivity index (χ1) is 8.69. The summed E-state index contributed by atoms with van der Waals surface area (Å²) < 4.78 is 0. The predicted octanol–water partition coefficient (Wildman–Crippen LogP) is 1.18. The van der Waals surface area contributed by atoms with Crippen LogP contribution in [0.5, 0.6) is 0 Å². The first kappa shape index (κ1) is 15.1. The maximum Gasteiger partial charge on any atom is 0.329 e. The Morgan fingerprint density at radius 3 is 2.74 bits per heavy atom. The summed E-state index contributed by atoms with van der Waals surface area (Å²) in [4.78, 5) is 17.5. The minimum atomic E-state index is -0.629. The van der Waals surface area contributed by atoms with E-state index in [4.69, 9.17) is 5.73 Å². The summed E-state index contributed by atoms with van der Waals surface area (Å²) in [6.45, 7) is 6.17. The number of hydrogen-bond acceptors (Lipinski definition) is 7. The van der Waals surface area contributed by atoms with E-state index in [1.54, 1.807) is 0 Å². The highest BCUT2D eigenvalue weighted by Gasteiger charge is 2.20. The zero-order valence-electron chi connectivity index (χ0n) is 11.3. The number of aliphatic hydroxyl groups excluding tert-OH is 1. The van der Waals surface area contributed by atoms with Crippen molar-refractivity contribution in [2.75, 3.05) is 17.6 Å². The molecule has 0 bridgehead atoms. The zero-order chi connectivity index (χ0) is 14.6. The third-order valence-electron chi connectivity index (χ3n) is 2.34. The first-order valence-corrected chi connectivity index (χ1v) is 5.88. The molecule has 8 nitrogen and oxygen atoms in total. The van der Waals surface area contributed by atoms with Crippen molar-refractivity contribution in [1.29, 1.82) is 0 Å². The molecule has 1 unspecified atom stereocenters. The van der Waals surface area contributed by atoms with Crippen LogP contribution < -0.4 is 11.1 Å². The van der Waals surface area contributed by atoms with Crippen molar-refractivity contribution in [3.8, 4) is 0 Å². The van der Waals surface area contributed by atoms with E-state index in [-0.39, 0.29) is 29.4 Å². The number of nitrogens with zero attached hydrogens (tertiary/aromatic N) is 3. The summed E-state index contributed by atoms with van der Waals surface area (Å²) >= 11 is 0. The molecule has 0 saturated heterocycles. The molecular formula is C11H19N5O3. The molecule has 1 rings (SSSR count). The second kappa shape index (κ2) is 5.79. The molecule has 0 saturated carbocycles. The number of aliphatic hydroxyl groups is 1. The van der Waals surface area contributed by atoms with Crippen molar-refractivity contribution in [3.63, 3.8) is 0 Å². The fraction of sp³-hybridized carbons (Fsp3) is 0.636. The van der Waals surface area contributed by atoms with Gasteiger partial charge in [0, 0.05) is 6.54 Å². The van der Waals surface area contributed by atoms with Gasteiger partial charge >= 0.3 is 5.69 Å². The van der Waals surface area contributed by atoms with Crippen LogP contribution in [0, 0.1) is 15.5 Å². The van der Waals surface area contributed by atoms with E-state index in [9.17, 15) is 15.2 Å². The van der Waals surface area contributed by atoms with Gasteiger partial charge in [-0.05, 0) is 11.8 Å². The molecule has 0 aliphatic rings. The van der Waals surface area contributed by atoms with Crippen LogP contribution in [-0.4, -0.2) is 32.6 Å². The molecule has 0 radical (unpaired) electrons. The lowest BCUT2D eigenvalue weighted by Gasteiger charge is -2.22. The summed E-state index contributed by atoms with van der Waals surface area (Å²) in [6.07, 6.45) is 0.977. The largest absolute Gasteiger partial charge is 0.391 e. The fourth-order valence-electron chi connectivity index (χ4n) is 1.65. The van der Waals surface area contributed by atoms with E-state index in [1.807, 2.05) is 20.8 Å². The predicted molar refractivity (Wildman–Crippen MR) is 71.7 cm³/mol. The van der Waals surface area contributed by atoms with Gasteiger partial charge in [0.15, 0.2) is 0 Å². The summed E-state index contributed by atoms with van der Waals surface area (Å²) in [5, 5.41) is 23.4. The van der Waals surface area contributed by atoms with E-state index >= 15 is 0 Å². The maximum absolute atomic E-state index is 10.8. The number of nitrogens with one attached hydrogen (secondary N) is 1. The Morgan fingerprint density at radius 2 is 2.21 bits per heavy atom. The van der Waals surface area contributed by atoms with Crippen LogP contribution in [0.2, 0.25) is 0 Å². The molecule has 0 aliphatic carbocycles. The second-order valence-electron chi connectivity index (χ2n) is 5.52. The lowest BCUT2D eigenvalue weighted by atomic mass is 9.89. The molecule has 19 heavy (non-hydrogen) atoms. The van der Waals surface area contributed by atoms with E-state index < -0.39 is 11.0 Å². The van der Waals surface area contributed by atoms with Gasteiger partial charge in [0.2, 0.25) is 11.8 Å². The van der Waals surface area contributed by atoms with Crippen LogP contribution in [0.15, 0.2) is 6.20 Å². The summed E-state index contributed by atoms with van der Waals surface area (Å²) in [5.41, 5.74) is 5.09. The van der Waals surface area contributed by atoms with Crippen LogP contribution in [-0.2, 0) is 0 Å². The normalized spacial score (nSPS) is 13.1. The number of anilines is 2. The molecule has 106 valence electrons. The van der Waals surface area contributed by atoms with Gasteiger partial charge in [0.25, 0.3) is 0 Å². The average Bonchev–Trinajstić information content (AvgIpc) is 2.23. The van der Waals surface area contributed by atoms with Gasteiger partial charge in [-0.1, -0.05) is 20.8 Å². The van der Waals surface area contributed by atoms with E-state index in [0.29, 0.717) is 6.42 Å². The van der Waals surface area contributed by atoms with E-state index in [0.717, 1.165) is 6.20 Å². The molecule has 0 aromatic carbocycles. The minimum Gasteiger partial charge on any atom is -0.391 e. The SMILES string of the molecule is CC(C)(C)CC(O)CNc1nc(N)ncc1[N+](=O)[O-]. The first-order valence-electron chi connectivity index (χ1n) is 5.88. The van der Waals surface area contributed by atoms with Crippen molar-refractivity contribution >= 4 is 17.5 Å². The van der Waals surface area contributed by atoms with Gasteiger partial charge in [-0.15, -0.1) is 0 Å².